The number of rotatable bonds is 2. The van der Waals surface area contributed by atoms with Crippen molar-refractivity contribution in [3.63, 3.8) is 0 Å². The first-order valence-electron chi connectivity index (χ1n) is 8.81. The van der Waals surface area contributed by atoms with Crippen molar-refractivity contribution in [2.24, 2.45) is 0 Å². The van der Waals surface area contributed by atoms with Crippen LogP contribution < -0.4 is 0 Å². The number of carbonyl (C=O) groups excluding carboxylic acids is 1. The molecule has 0 heterocycles. The van der Waals surface area contributed by atoms with Crippen LogP contribution in [0.3, 0.4) is 0 Å². The van der Waals surface area contributed by atoms with E-state index in [1.54, 1.807) is 12.1 Å². The van der Waals surface area contributed by atoms with Crippen LogP contribution >= 0.6 is 0 Å². The van der Waals surface area contributed by atoms with Gasteiger partial charge in [-0.05, 0) is 97.9 Å². The normalized spacial score (nSPS) is 16.4. The van der Waals surface area contributed by atoms with Gasteiger partial charge in [-0.1, -0.05) is 0 Å². The van der Waals surface area contributed by atoms with Gasteiger partial charge in [0.1, 0.15) is 11.6 Å². The van der Waals surface area contributed by atoms with Crippen molar-refractivity contribution in [1.82, 2.24) is 0 Å². The Morgan fingerprint density at radius 1 is 0.667 bits per heavy atom. The molecule has 0 unspecified atom stereocenters. The summed E-state index contributed by atoms with van der Waals surface area (Å²) in [6, 6.07) is 6.25. The molecule has 0 fully saturated rings. The fourth-order valence-corrected chi connectivity index (χ4v) is 4.06. The molecule has 0 N–H and O–H groups in total. The molecule has 3 heteroatoms. The molecule has 2 aliphatic rings. The van der Waals surface area contributed by atoms with Crippen LogP contribution in [0.2, 0.25) is 0 Å². The molecule has 124 valence electrons. The summed E-state index contributed by atoms with van der Waals surface area (Å²) in [4.78, 5) is 12.8. The van der Waals surface area contributed by atoms with Gasteiger partial charge in [0.15, 0.2) is 5.78 Å². The lowest BCUT2D eigenvalue weighted by atomic mass is 9.86. The Bertz CT molecular complexity index is 756. The summed E-state index contributed by atoms with van der Waals surface area (Å²) in [7, 11) is 0. The molecule has 2 aliphatic carbocycles. The summed E-state index contributed by atoms with van der Waals surface area (Å²) in [5.74, 6) is -0.877. The molecule has 0 spiro atoms. The Balaban J connectivity index is 1.74. The summed E-state index contributed by atoms with van der Waals surface area (Å²) >= 11 is 0. The molecular weight excluding hydrogens is 306 g/mol. The fourth-order valence-electron chi connectivity index (χ4n) is 4.06. The smallest absolute Gasteiger partial charge is 0.193 e. The third-order valence-electron chi connectivity index (χ3n) is 5.35. The maximum Gasteiger partial charge on any atom is 0.193 e. The SMILES string of the molecule is O=C(c1cc(F)c2c(c1)CCCC2)c1cc(F)c2c(c1)CCCC2. The van der Waals surface area contributed by atoms with Crippen LogP contribution in [0, 0.1) is 11.6 Å². The molecule has 0 radical (unpaired) electrons. The molecule has 0 saturated heterocycles. The Morgan fingerprint density at radius 3 is 1.54 bits per heavy atom. The number of fused-ring (bicyclic) bond motifs is 2. The first kappa shape index (κ1) is 15.5. The molecule has 24 heavy (non-hydrogen) atoms. The maximum atomic E-state index is 14.3. The molecule has 0 amide bonds. The lowest BCUT2D eigenvalue weighted by Gasteiger charge is -2.19. The number of halogens is 2. The van der Waals surface area contributed by atoms with Crippen molar-refractivity contribution in [1.29, 1.82) is 0 Å². The highest BCUT2D eigenvalue weighted by Crippen LogP contribution is 2.29. The van der Waals surface area contributed by atoms with E-state index in [1.807, 2.05) is 0 Å². The van der Waals surface area contributed by atoms with Crippen molar-refractivity contribution in [2.75, 3.05) is 0 Å². The minimum atomic E-state index is -0.297. The molecular formula is C21H20F2O. The van der Waals surface area contributed by atoms with Gasteiger partial charge < -0.3 is 0 Å². The number of hydrogen-bond acceptors (Lipinski definition) is 1. The van der Waals surface area contributed by atoms with Crippen LogP contribution in [0.5, 0.6) is 0 Å². The minimum absolute atomic E-state index is 0.283. The molecule has 1 nitrogen and oxygen atoms in total. The molecule has 2 aromatic carbocycles. The predicted molar refractivity (Wildman–Crippen MR) is 89.5 cm³/mol. The van der Waals surface area contributed by atoms with Gasteiger partial charge >= 0.3 is 0 Å². The van der Waals surface area contributed by atoms with Crippen molar-refractivity contribution >= 4 is 5.78 Å². The number of carbonyl (C=O) groups is 1. The lowest BCUT2D eigenvalue weighted by Crippen LogP contribution is -2.12. The van der Waals surface area contributed by atoms with Crippen molar-refractivity contribution < 1.29 is 13.6 Å². The van der Waals surface area contributed by atoms with E-state index in [0.717, 1.165) is 73.6 Å². The lowest BCUT2D eigenvalue weighted by molar-refractivity contribution is 0.103. The highest BCUT2D eigenvalue weighted by atomic mass is 19.1. The Labute approximate surface area is 140 Å². The van der Waals surface area contributed by atoms with Gasteiger partial charge in [-0.2, -0.15) is 0 Å². The molecule has 0 bridgehead atoms. The number of benzene rings is 2. The van der Waals surface area contributed by atoms with Gasteiger partial charge in [-0.3, -0.25) is 4.79 Å². The van der Waals surface area contributed by atoms with Crippen LogP contribution in [0.4, 0.5) is 8.78 Å². The largest absolute Gasteiger partial charge is 0.289 e. The second kappa shape index (κ2) is 6.12. The van der Waals surface area contributed by atoms with E-state index in [2.05, 4.69) is 0 Å². The summed E-state index contributed by atoms with van der Waals surface area (Å²) in [6.07, 6.45) is 7.14. The summed E-state index contributed by atoms with van der Waals surface area (Å²) in [5.41, 5.74) is 4.03. The Hall–Kier alpha value is -2.03. The van der Waals surface area contributed by atoms with E-state index in [1.165, 1.54) is 12.1 Å². The number of hydrogen-bond donors (Lipinski definition) is 0. The van der Waals surface area contributed by atoms with Gasteiger partial charge in [0, 0.05) is 11.1 Å². The zero-order chi connectivity index (χ0) is 16.7. The van der Waals surface area contributed by atoms with Gasteiger partial charge in [0.25, 0.3) is 0 Å². The number of ketones is 1. The van der Waals surface area contributed by atoms with Crippen LogP contribution in [0.15, 0.2) is 24.3 Å². The third-order valence-corrected chi connectivity index (χ3v) is 5.35. The standard InChI is InChI=1S/C21H20F2O/c22-19-11-15(9-13-5-1-3-7-17(13)19)21(24)16-10-14-6-2-4-8-18(14)20(23)12-16/h9-12H,1-8H2. The van der Waals surface area contributed by atoms with Crippen LogP contribution in [-0.2, 0) is 25.7 Å². The van der Waals surface area contributed by atoms with Crippen molar-refractivity contribution in [2.45, 2.75) is 51.4 Å². The van der Waals surface area contributed by atoms with Gasteiger partial charge in [0.2, 0.25) is 0 Å². The Kier molecular flexibility index (Phi) is 3.95. The van der Waals surface area contributed by atoms with Crippen molar-refractivity contribution in [3.8, 4) is 0 Å². The Morgan fingerprint density at radius 2 is 1.08 bits per heavy atom. The van der Waals surface area contributed by atoms with Gasteiger partial charge in [-0.15, -0.1) is 0 Å². The zero-order valence-corrected chi connectivity index (χ0v) is 13.6. The second-order valence-electron chi connectivity index (χ2n) is 6.93. The van der Waals surface area contributed by atoms with E-state index in [9.17, 15) is 13.6 Å². The predicted octanol–water partition coefficient (Wildman–Crippen LogP) is 4.95. The van der Waals surface area contributed by atoms with Crippen LogP contribution in [0.25, 0.3) is 0 Å². The molecule has 2 aromatic rings. The average molecular weight is 326 g/mol. The van der Waals surface area contributed by atoms with E-state index < -0.39 is 0 Å². The molecule has 0 saturated carbocycles. The summed E-state index contributed by atoms with van der Waals surface area (Å²) in [5, 5.41) is 0. The number of aryl methyl sites for hydroxylation is 2. The third kappa shape index (κ3) is 2.66. The second-order valence-corrected chi connectivity index (χ2v) is 6.93. The topological polar surface area (TPSA) is 17.1 Å². The van der Waals surface area contributed by atoms with Crippen molar-refractivity contribution in [3.05, 3.63) is 69.3 Å². The quantitative estimate of drug-likeness (QED) is 0.713. The molecule has 0 aliphatic heterocycles. The van der Waals surface area contributed by atoms with Crippen LogP contribution in [-0.4, -0.2) is 5.78 Å². The minimum Gasteiger partial charge on any atom is -0.289 e. The highest BCUT2D eigenvalue weighted by molar-refractivity contribution is 6.09. The first-order chi connectivity index (χ1) is 11.6. The van der Waals surface area contributed by atoms with Gasteiger partial charge in [0.05, 0.1) is 0 Å². The summed E-state index contributed by atoms with van der Waals surface area (Å²) < 4.78 is 28.7. The van der Waals surface area contributed by atoms with E-state index >= 15 is 0 Å². The summed E-state index contributed by atoms with van der Waals surface area (Å²) in [6.45, 7) is 0. The van der Waals surface area contributed by atoms with E-state index in [-0.39, 0.29) is 17.4 Å². The molecule has 4 rings (SSSR count). The fraction of sp³-hybridized carbons (Fsp3) is 0.381. The molecule has 0 aromatic heterocycles. The highest BCUT2D eigenvalue weighted by Gasteiger charge is 2.21. The molecule has 0 atom stereocenters. The zero-order valence-electron chi connectivity index (χ0n) is 13.6. The van der Waals surface area contributed by atoms with Crippen LogP contribution in [0.1, 0.15) is 63.9 Å². The maximum absolute atomic E-state index is 14.3. The first-order valence-corrected chi connectivity index (χ1v) is 8.81. The van der Waals surface area contributed by atoms with Gasteiger partial charge in [-0.25, -0.2) is 8.78 Å². The average Bonchev–Trinajstić information content (AvgIpc) is 2.61. The van der Waals surface area contributed by atoms with E-state index in [0.29, 0.717) is 11.1 Å². The van der Waals surface area contributed by atoms with E-state index in [4.69, 9.17) is 0 Å². The monoisotopic (exact) mass is 326 g/mol.